The molecule has 2 aliphatic rings. The van der Waals surface area contributed by atoms with Crippen molar-refractivity contribution in [2.45, 2.75) is 415 Å². The zero-order valence-electron chi connectivity index (χ0n) is 53.7. The van der Waals surface area contributed by atoms with Gasteiger partial charge < -0.3 is 65.1 Å². The minimum absolute atomic E-state index is 0.197. The van der Waals surface area contributed by atoms with Gasteiger partial charge in [-0.25, -0.2) is 0 Å². The summed E-state index contributed by atoms with van der Waals surface area (Å²) < 4.78 is 22.9. The second-order valence-electron chi connectivity index (χ2n) is 25.7. The molecule has 0 saturated carbocycles. The molecule has 0 spiro atoms. The van der Waals surface area contributed by atoms with E-state index < -0.39 is 86.8 Å². The third-order valence-corrected chi connectivity index (χ3v) is 18.1. The number of aliphatic hydroxyl groups excluding tert-OH is 8. The van der Waals surface area contributed by atoms with Crippen molar-refractivity contribution >= 4 is 5.91 Å². The van der Waals surface area contributed by atoms with Crippen LogP contribution in [0.5, 0.6) is 0 Å². The number of nitrogens with one attached hydrogen (secondary N) is 1. The molecular weight excluding hydrogens is 1050 g/mol. The molecule has 12 atom stereocenters. The second kappa shape index (κ2) is 55.1. The lowest BCUT2D eigenvalue weighted by Gasteiger charge is -2.46. The normalized spacial score (nSPS) is 23.7. The maximum Gasteiger partial charge on any atom is 0.220 e. The van der Waals surface area contributed by atoms with Crippen molar-refractivity contribution < 1.29 is 64.6 Å². The van der Waals surface area contributed by atoms with Gasteiger partial charge >= 0.3 is 0 Å². The van der Waals surface area contributed by atoms with E-state index in [9.17, 15) is 45.6 Å². The summed E-state index contributed by atoms with van der Waals surface area (Å²) in [5, 5.41) is 87.6. The molecule has 0 aliphatic carbocycles. The van der Waals surface area contributed by atoms with Crippen LogP contribution in [0.1, 0.15) is 341 Å². The Morgan fingerprint density at radius 2 is 0.687 bits per heavy atom. The van der Waals surface area contributed by atoms with E-state index in [4.69, 9.17) is 18.9 Å². The first-order valence-electron chi connectivity index (χ1n) is 35.8. The van der Waals surface area contributed by atoms with Gasteiger partial charge in [-0.3, -0.25) is 4.79 Å². The minimum Gasteiger partial charge on any atom is -0.394 e. The Morgan fingerprint density at radius 1 is 0.386 bits per heavy atom. The lowest BCUT2D eigenvalue weighted by atomic mass is 9.97. The zero-order valence-corrected chi connectivity index (χ0v) is 53.7. The molecule has 83 heavy (non-hydrogen) atoms. The van der Waals surface area contributed by atoms with Crippen LogP contribution >= 0.6 is 0 Å². The average Bonchev–Trinajstić information content (AvgIpc) is 3.65. The summed E-state index contributed by atoms with van der Waals surface area (Å²) in [6.45, 7) is 2.93. The maximum absolute atomic E-state index is 13.3. The lowest BCUT2D eigenvalue weighted by Crippen LogP contribution is -2.65. The Labute approximate surface area is 508 Å². The Bertz CT molecular complexity index is 1400. The number of carbonyl (C=O) groups is 1. The van der Waals surface area contributed by atoms with E-state index >= 15 is 0 Å². The number of rotatable bonds is 60. The van der Waals surface area contributed by atoms with Crippen molar-refractivity contribution in [2.24, 2.45) is 0 Å². The number of hydrogen-bond acceptors (Lipinski definition) is 13. The van der Waals surface area contributed by atoms with Gasteiger partial charge in [-0.1, -0.05) is 322 Å². The van der Waals surface area contributed by atoms with Gasteiger partial charge in [0.2, 0.25) is 5.91 Å². The summed E-state index contributed by atoms with van der Waals surface area (Å²) in [6, 6.07) is -0.824. The Morgan fingerprint density at radius 3 is 1.02 bits per heavy atom. The van der Waals surface area contributed by atoms with Crippen molar-refractivity contribution in [1.82, 2.24) is 5.32 Å². The molecular formula is C69H135NO13. The molecule has 0 aromatic rings. The second-order valence-corrected chi connectivity index (χ2v) is 25.7. The molecule has 2 fully saturated rings. The van der Waals surface area contributed by atoms with Crippen LogP contribution in [0.2, 0.25) is 0 Å². The fraction of sp³-hybridized carbons (Fsp3) is 0.986. The molecule has 0 bridgehead atoms. The fourth-order valence-electron chi connectivity index (χ4n) is 12.4. The maximum atomic E-state index is 13.3. The van der Waals surface area contributed by atoms with Gasteiger partial charge in [-0.05, 0) is 12.8 Å². The third-order valence-electron chi connectivity index (χ3n) is 18.1. The summed E-state index contributed by atoms with van der Waals surface area (Å²) in [6.07, 6.45) is 48.3. The predicted octanol–water partition coefficient (Wildman–Crippen LogP) is 14.4. The largest absolute Gasteiger partial charge is 0.394 e. The quantitative estimate of drug-likeness (QED) is 0.0259. The van der Waals surface area contributed by atoms with Gasteiger partial charge in [-0.2, -0.15) is 0 Å². The molecule has 494 valence electrons. The summed E-state index contributed by atoms with van der Waals surface area (Å²) in [4.78, 5) is 13.3. The summed E-state index contributed by atoms with van der Waals surface area (Å²) in [7, 11) is 0. The number of amides is 1. The molecule has 9 N–H and O–H groups in total. The van der Waals surface area contributed by atoms with Crippen molar-refractivity contribution in [3.8, 4) is 0 Å². The number of aliphatic hydroxyl groups is 8. The first-order chi connectivity index (χ1) is 40.6. The summed E-state index contributed by atoms with van der Waals surface area (Å²) >= 11 is 0. The molecule has 14 nitrogen and oxygen atoms in total. The number of hydrogen-bond donors (Lipinski definition) is 9. The van der Waals surface area contributed by atoms with Gasteiger partial charge in [-0.15, -0.1) is 0 Å². The van der Waals surface area contributed by atoms with Crippen molar-refractivity contribution in [1.29, 1.82) is 0 Å². The predicted molar refractivity (Wildman–Crippen MR) is 337 cm³/mol. The van der Waals surface area contributed by atoms with E-state index in [0.717, 1.165) is 51.4 Å². The van der Waals surface area contributed by atoms with Crippen LogP contribution in [-0.4, -0.2) is 140 Å². The van der Waals surface area contributed by atoms with Crippen LogP contribution in [0.3, 0.4) is 0 Å². The number of unbranched alkanes of at least 4 members (excludes halogenated alkanes) is 47. The smallest absolute Gasteiger partial charge is 0.220 e. The number of ether oxygens (including phenoxy) is 4. The van der Waals surface area contributed by atoms with E-state index in [1.807, 2.05) is 0 Å². The van der Waals surface area contributed by atoms with E-state index in [0.29, 0.717) is 12.8 Å². The van der Waals surface area contributed by atoms with Crippen LogP contribution in [0.4, 0.5) is 0 Å². The van der Waals surface area contributed by atoms with Gasteiger partial charge in [0.1, 0.15) is 48.8 Å². The molecule has 2 heterocycles. The average molecular weight is 1190 g/mol. The molecule has 2 saturated heterocycles. The highest BCUT2D eigenvalue weighted by Gasteiger charge is 2.51. The van der Waals surface area contributed by atoms with Gasteiger partial charge in [0, 0.05) is 6.42 Å². The summed E-state index contributed by atoms with van der Waals surface area (Å²) in [5.74, 6) is -0.197. The highest BCUT2D eigenvalue weighted by atomic mass is 16.7. The molecule has 0 aromatic carbocycles. The highest BCUT2D eigenvalue weighted by molar-refractivity contribution is 5.76. The first kappa shape index (κ1) is 78.1. The fourth-order valence-corrected chi connectivity index (χ4v) is 12.4. The van der Waals surface area contributed by atoms with E-state index in [1.54, 1.807) is 0 Å². The van der Waals surface area contributed by atoms with Crippen LogP contribution < -0.4 is 5.32 Å². The minimum atomic E-state index is -1.78. The van der Waals surface area contributed by atoms with E-state index in [-0.39, 0.29) is 12.5 Å². The Hall–Kier alpha value is -1.01. The standard InChI is InChI=1S/C69H135NO13/c1-3-5-7-9-11-13-15-17-19-21-23-25-27-28-29-30-31-32-34-36-38-40-42-44-46-48-50-52-58(73)57(56-80-68-66(79)64(77)67(60(55-72)82-68)83-69-65(78)63(76)62(75)59(54-71)81-69)70-61(74)53-51-49-47-45-43-41-39-37-35-33-26-24-22-20-18-16-14-12-10-8-6-4-2/h57-60,62-69,71-73,75-79H,3-56H2,1-2H3,(H,70,74). The lowest BCUT2D eigenvalue weighted by molar-refractivity contribution is -0.359. The van der Waals surface area contributed by atoms with Crippen LogP contribution in [-0.2, 0) is 23.7 Å². The molecule has 1 amide bonds. The molecule has 2 aliphatic heterocycles. The SMILES string of the molecule is CCCCCCCCCCCCCCCCCCCCCCCCCCCCCC(O)C(COC1OC(CO)C(OC2OC(CO)C(O)C(O)C2O)C(O)C1O)NC(=O)CCCCCCCCCCCCCCCCCCCCCCCC. The first-order valence-corrected chi connectivity index (χ1v) is 35.8. The third kappa shape index (κ3) is 39.6. The Kier molecular flexibility index (Phi) is 51.8. The van der Waals surface area contributed by atoms with E-state index in [2.05, 4.69) is 19.2 Å². The van der Waals surface area contributed by atoms with Gasteiger partial charge in [0.05, 0.1) is 32.0 Å². The Balaban J connectivity index is 1.66. The monoisotopic (exact) mass is 1190 g/mol. The van der Waals surface area contributed by atoms with Crippen LogP contribution in [0.25, 0.3) is 0 Å². The van der Waals surface area contributed by atoms with Crippen molar-refractivity contribution in [3.05, 3.63) is 0 Å². The topological polar surface area (TPSA) is 228 Å². The zero-order chi connectivity index (χ0) is 60.2. The molecule has 12 unspecified atom stereocenters. The van der Waals surface area contributed by atoms with Gasteiger partial charge in [0.25, 0.3) is 0 Å². The van der Waals surface area contributed by atoms with Crippen LogP contribution in [0.15, 0.2) is 0 Å². The molecule has 14 heteroatoms. The van der Waals surface area contributed by atoms with Crippen LogP contribution in [0, 0.1) is 0 Å². The molecule has 0 aromatic heterocycles. The molecule has 2 rings (SSSR count). The van der Waals surface area contributed by atoms with Crippen molar-refractivity contribution in [2.75, 3.05) is 19.8 Å². The number of carbonyl (C=O) groups excluding carboxylic acids is 1. The summed E-state index contributed by atoms with van der Waals surface area (Å²) in [5.41, 5.74) is 0. The highest BCUT2D eigenvalue weighted by Crippen LogP contribution is 2.30. The van der Waals surface area contributed by atoms with E-state index in [1.165, 1.54) is 263 Å². The van der Waals surface area contributed by atoms with Crippen molar-refractivity contribution in [3.63, 3.8) is 0 Å². The van der Waals surface area contributed by atoms with Gasteiger partial charge in [0.15, 0.2) is 12.6 Å². The molecule has 0 radical (unpaired) electrons.